The summed E-state index contributed by atoms with van der Waals surface area (Å²) >= 11 is 0. The minimum Gasteiger partial charge on any atom is -0.337 e. The smallest absolute Gasteiger partial charge is 0.261 e. The summed E-state index contributed by atoms with van der Waals surface area (Å²) < 4.78 is 40.0. The second-order valence-electron chi connectivity index (χ2n) is 6.57. The Balaban J connectivity index is 0.00000280. The lowest BCUT2D eigenvalue weighted by atomic mass is 10.1. The van der Waals surface area contributed by atoms with Gasteiger partial charge in [0.25, 0.3) is 10.0 Å². The highest BCUT2D eigenvalue weighted by atomic mass is 35.5. The molecule has 1 amide bonds. The van der Waals surface area contributed by atoms with Gasteiger partial charge in [0.1, 0.15) is 5.82 Å². The number of sulfonamides is 1. The van der Waals surface area contributed by atoms with E-state index in [2.05, 4.69) is 10.0 Å². The van der Waals surface area contributed by atoms with Gasteiger partial charge in [-0.2, -0.15) is 0 Å². The first kappa shape index (κ1) is 22.1. The van der Waals surface area contributed by atoms with Gasteiger partial charge >= 0.3 is 0 Å². The van der Waals surface area contributed by atoms with Gasteiger partial charge in [0.2, 0.25) is 5.91 Å². The predicted molar refractivity (Wildman–Crippen MR) is 109 cm³/mol. The Labute approximate surface area is 170 Å². The SMILES string of the molecule is CC1CNCCN1C(=O)Cc1ccc(NS(=O)(=O)c2ccc(F)cc2)cc1.Cl. The van der Waals surface area contributed by atoms with E-state index in [1.165, 1.54) is 12.1 Å². The van der Waals surface area contributed by atoms with Crippen LogP contribution < -0.4 is 10.0 Å². The number of carbonyl (C=O) groups is 1. The molecule has 2 aromatic rings. The van der Waals surface area contributed by atoms with E-state index in [0.29, 0.717) is 12.2 Å². The molecule has 3 rings (SSSR count). The molecule has 0 aliphatic carbocycles. The van der Waals surface area contributed by atoms with Crippen molar-refractivity contribution in [2.24, 2.45) is 0 Å². The molecule has 1 fully saturated rings. The fraction of sp³-hybridized carbons (Fsp3) is 0.316. The van der Waals surface area contributed by atoms with E-state index in [1.807, 2.05) is 11.8 Å². The first-order valence-corrected chi connectivity index (χ1v) is 10.2. The van der Waals surface area contributed by atoms with E-state index in [0.717, 1.165) is 30.8 Å². The molecule has 28 heavy (non-hydrogen) atoms. The molecule has 152 valence electrons. The summed E-state index contributed by atoms with van der Waals surface area (Å²) in [4.78, 5) is 14.3. The van der Waals surface area contributed by atoms with Gasteiger partial charge in [0, 0.05) is 31.4 Å². The van der Waals surface area contributed by atoms with Crippen LogP contribution in [0.25, 0.3) is 0 Å². The largest absolute Gasteiger partial charge is 0.337 e. The first-order valence-electron chi connectivity index (χ1n) is 8.73. The lowest BCUT2D eigenvalue weighted by molar-refractivity contribution is -0.133. The molecule has 6 nitrogen and oxygen atoms in total. The summed E-state index contributed by atoms with van der Waals surface area (Å²) in [7, 11) is -3.79. The second kappa shape index (κ2) is 9.36. The van der Waals surface area contributed by atoms with Crippen molar-refractivity contribution in [3.8, 4) is 0 Å². The van der Waals surface area contributed by atoms with Gasteiger partial charge in [-0.15, -0.1) is 12.4 Å². The molecule has 2 aromatic carbocycles. The molecule has 1 unspecified atom stereocenters. The van der Waals surface area contributed by atoms with Crippen LogP contribution in [-0.4, -0.2) is 44.9 Å². The van der Waals surface area contributed by atoms with E-state index >= 15 is 0 Å². The third-order valence-electron chi connectivity index (χ3n) is 4.51. The van der Waals surface area contributed by atoms with Gasteiger partial charge in [-0.25, -0.2) is 12.8 Å². The zero-order valence-corrected chi connectivity index (χ0v) is 17.0. The van der Waals surface area contributed by atoms with Crippen molar-refractivity contribution in [3.63, 3.8) is 0 Å². The maximum absolute atomic E-state index is 13.0. The van der Waals surface area contributed by atoms with Gasteiger partial charge in [0.05, 0.1) is 11.3 Å². The molecule has 0 radical (unpaired) electrons. The number of carbonyl (C=O) groups excluding carboxylic acids is 1. The van der Waals surface area contributed by atoms with E-state index in [4.69, 9.17) is 0 Å². The van der Waals surface area contributed by atoms with Gasteiger partial charge in [-0.05, 0) is 48.9 Å². The van der Waals surface area contributed by atoms with E-state index in [9.17, 15) is 17.6 Å². The highest BCUT2D eigenvalue weighted by molar-refractivity contribution is 7.92. The van der Waals surface area contributed by atoms with Crippen LogP contribution in [0, 0.1) is 5.82 Å². The maximum Gasteiger partial charge on any atom is 0.261 e. The zero-order chi connectivity index (χ0) is 19.4. The Morgan fingerprint density at radius 3 is 2.43 bits per heavy atom. The predicted octanol–water partition coefficient (Wildman–Crippen LogP) is 2.41. The minimum absolute atomic E-state index is 0. The molecule has 1 heterocycles. The molecule has 1 aliphatic rings. The number of nitrogens with zero attached hydrogens (tertiary/aromatic N) is 1. The first-order chi connectivity index (χ1) is 12.8. The lowest BCUT2D eigenvalue weighted by Crippen LogP contribution is -2.52. The van der Waals surface area contributed by atoms with E-state index in [-0.39, 0.29) is 35.7 Å². The summed E-state index contributed by atoms with van der Waals surface area (Å²) in [5, 5.41) is 3.25. The summed E-state index contributed by atoms with van der Waals surface area (Å²) in [6.07, 6.45) is 0.273. The third kappa shape index (κ3) is 5.43. The summed E-state index contributed by atoms with van der Waals surface area (Å²) in [6.45, 7) is 4.28. The van der Waals surface area contributed by atoms with Crippen LogP contribution in [0.1, 0.15) is 12.5 Å². The molecule has 0 spiro atoms. The van der Waals surface area contributed by atoms with E-state index in [1.54, 1.807) is 24.3 Å². The van der Waals surface area contributed by atoms with Crippen molar-refractivity contribution in [2.75, 3.05) is 24.4 Å². The number of nitrogens with one attached hydrogen (secondary N) is 2. The number of hydrogen-bond donors (Lipinski definition) is 2. The van der Waals surface area contributed by atoms with Crippen molar-refractivity contribution in [3.05, 3.63) is 59.9 Å². The minimum atomic E-state index is -3.79. The normalized spacial score (nSPS) is 16.9. The van der Waals surface area contributed by atoms with E-state index < -0.39 is 15.8 Å². The molecule has 1 atom stereocenters. The van der Waals surface area contributed by atoms with Gasteiger partial charge in [-0.3, -0.25) is 9.52 Å². The Hall–Kier alpha value is -2.16. The summed E-state index contributed by atoms with van der Waals surface area (Å²) in [5.41, 5.74) is 1.20. The Kier molecular flexibility index (Phi) is 7.40. The van der Waals surface area contributed by atoms with Crippen molar-refractivity contribution in [1.82, 2.24) is 10.2 Å². The topological polar surface area (TPSA) is 78.5 Å². The molecule has 9 heteroatoms. The van der Waals surface area contributed by atoms with Crippen LogP contribution in [-0.2, 0) is 21.2 Å². The van der Waals surface area contributed by atoms with Crippen molar-refractivity contribution in [2.45, 2.75) is 24.3 Å². The lowest BCUT2D eigenvalue weighted by Gasteiger charge is -2.34. The average molecular weight is 428 g/mol. The van der Waals surface area contributed by atoms with Crippen LogP contribution in [0.15, 0.2) is 53.4 Å². The number of rotatable bonds is 5. The van der Waals surface area contributed by atoms with Crippen molar-refractivity contribution < 1.29 is 17.6 Å². The maximum atomic E-state index is 13.0. The van der Waals surface area contributed by atoms with Crippen molar-refractivity contribution >= 4 is 34.0 Å². The number of hydrogen-bond acceptors (Lipinski definition) is 4. The average Bonchev–Trinajstić information content (AvgIpc) is 2.64. The van der Waals surface area contributed by atoms with Crippen LogP contribution in [0.5, 0.6) is 0 Å². The number of piperazine rings is 1. The van der Waals surface area contributed by atoms with Crippen LogP contribution in [0.3, 0.4) is 0 Å². The second-order valence-corrected chi connectivity index (χ2v) is 8.26. The number of anilines is 1. The summed E-state index contributed by atoms with van der Waals surface area (Å²) in [6, 6.07) is 11.5. The summed E-state index contributed by atoms with van der Waals surface area (Å²) in [5.74, 6) is -0.439. The van der Waals surface area contributed by atoms with Gasteiger partial charge < -0.3 is 10.2 Å². The number of halogens is 2. The Morgan fingerprint density at radius 1 is 1.18 bits per heavy atom. The standard InChI is InChI=1S/C19H22FN3O3S.ClH/c1-14-13-21-10-11-23(14)19(24)12-15-2-6-17(7-3-15)22-27(25,26)18-8-4-16(20)5-9-18;/h2-9,14,21-22H,10-13H2,1H3;1H. The monoisotopic (exact) mass is 427 g/mol. The molecule has 0 aromatic heterocycles. The van der Waals surface area contributed by atoms with Crippen molar-refractivity contribution in [1.29, 1.82) is 0 Å². The Morgan fingerprint density at radius 2 is 1.82 bits per heavy atom. The number of benzene rings is 2. The van der Waals surface area contributed by atoms with Gasteiger partial charge in [-0.1, -0.05) is 12.1 Å². The molecular weight excluding hydrogens is 405 g/mol. The zero-order valence-electron chi connectivity index (χ0n) is 15.4. The van der Waals surface area contributed by atoms with Crippen LogP contribution >= 0.6 is 12.4 Å². The molecule has 0 saturated carbocycles. The van der Waals surface area contributed by atoms with Crippen LogP contribution in [0.4, 0.5) is 10.1 Å². The molecule has 2 N–H and O–H groups in total. The fourth-order valence-corrected chi connectivity index (χ4v) is 4.06. The number of amides is 1. The molecule has 1 aliphatic heterocycles. The Bertz CT molecular complexity index is 905. The highest BCUT2D eigenvalue weighted by Gasteiger charge is 2.22. The fourth-order valence-electron chi connectivity index (χ4n) is 3.01. The highest BCUT2D eigenvalue weighted by Crippen LogP contribution is 2.18. The molecule has 1 saturated heterocycles. The molecule has 0 bridgehead atoms. The quantitative estimate of drug-likeness (QED) is 0.768. The van der Waals surface area contributed by atoms with Gasteiger partial charge in [0.15, 0.2) is 0 Å². The van der Waals surface area contributed by atoms with Crippen LogP contribution in [0.2, 0.25) is 0 Å². The third-order valence-corrected chi connectivity index (χ3v) is 5.90. The molecular formula is C19H23ClFN3O3S.